The van der Waals surface area contributed by atoms with E-state index < -0.39 is 21.9 Å². The van der Waals surface area contributed by atoms with Crippen LogP contribution in [-0.4, -0.2) is 57.6 Å². The van der Waals surface area contributed by atoms with Gasteiger partial charge in [-0.25, -0.2) is 12.8 Å². The van der Waals surface area contributed by atoms with Crippen molar-refractivity contribution in [1.29, 1.82) is 0 Å². The molecule has 192 valence electrons. The fourth-order valence-corrected chi connectivity index (χ4v) is 4.76. The third-order valence-corrected chi connectivity index (χ3v) is 6.68. The van der Waals surface area contributed by atoms with Gasteiger partial charge in [-0.1, -0.05) is 19.1 Å². The van der Waals surface area contributed by atoms with Crippen molar-refractivity contribution in [2.24, 2.45) is 0 Å². The first kappa shape index (κ1) is 28.1. The first-order valence-electron chi connectivity index (χ1n) is 11.5. The van der Waals surface area contributed by atoms with Crippen molar-refractivity contribution in [3.8, 4) is 5.75 Å². The number of benzene rings is 2. The second-order valence-electron chi connectivity index (χ2n) is 8.11. The summed E-state index contributed by atoms with van der Waals surface area (Å²) in [6.07, 6.45) is 1.75. The van der Waals surface area contributed by atoms with Crippen molar-refractivity contribution < 1.29 is 27.1 Å². The third-order valence-electron chi connectivity index (χ3n) is 5.49. The summed E-state index contributed by atoms with van der Waals surface area (Å²) >= 11 is 0. The average molecular weight is 508 g/mol. The molecule has 2 amide bonds. The van der Waals surface area contributed by atoms with Crippen molar-refractivity contribution >= 4 is 27.5 Å². The summed E-state index contributed by atoms with van der Waals surface area (Å²) in [5, 5.41) is 2.78. The number of sulfonamides is 1. The molecule has 0 radical (unpaired) electrons. The Morgan fingerprint density at radius 3 is 2.37 bits per heavy atom. The Morgan fingerprint density at radius 2 is 1.80 bits per heavy atom. The lowest BCUT2D eigenvalue weighted by molar-refractivity contribution is -0.141. The van der Waals surface area contributed by atoms with Crippen LogP contribution < -0.4 is 14.4 Å². The Balaban J connectivity index is 2.21. The maximum atomic E-state index is 13.3. The minimum absolute atomic E-state index is 0.0348. The lowest BCUT2D eigenvalue weighted by Crippen LogP contribution is -2.49. The smallest absolute Gasteiger partial charge is 0.242 e. The average Bonchev–Trinajstić information content (AvgIpc) is 2.82. The number of likely N-dealkylation sites (N-methyl/N-ethyl adjacent to an activating group) is 1. The number of ether oxygens (including phenoxy) is 1. The van der Waals surface area contributed by atoms with Crippen LogP contribution in [0, 0.1) is 5.82 Å². The van der Waals surface area contributed by atoms with Gasteiger partial charge >= 0.3 is 0 Å². The van der Waals surface area contributed by atoms with Gasteiger partial charge in [0.2, 0.25) is 21.8 Å². The van der Waals surface area contributed by atoms with Gasteiger partial charge in [0.1, 0.15) is 17.6 Å². The van der Waals surface area contributed by atoms with Crippen molar-refractivity contribution in [3.05, 3.63) is 59.9 Å². The second kappa shape index (κ2) is 13.1. The Labute approximate surface area is 207 Å². The van der Waals surface area contributed by atoms with Crippen molar-refractivity contribution in [2.45, 2.75) is 45.7 Å². The van der Waals surface area contributed by atoms with E-state index in [1.165, 1.54) is 29.2 Å². The molecule has 0 bridgehead atoms. The molecular formula is C25H34FN3O5S. The van der Waals surface area contributed by atoms with Crippen LogP contribution in [0.2, 0.25) is 0 Å². The predicted molar refractivity (Wildman–Crippen MR) is 134 cm³/mol. The fraction of sp³-hybridized carbons (Fsp3) is 0.440. The SMILES string of the molecule is CCNC(=O)[C@@H](CC)N(Cc1cccc(OC)c1)C(=O)CCCN(c1ccc(F)cc1)S(C)(=O)=O. The first-order chi connectivity index (χ1) is 16.6. The van der Waals surface area contributed by atoms with Crippen LogP contribution in [0.4, 0.5) is 10.1 Å². The lowest BCUT2D eigenvalue weighted by atomic mass is 10.1. The van der Waals surface area contributed by atoms with E-state index in [9.17, 15) is 22.4 Å². The number of hydrogen-bond donors (Lipinski definition) is 1. The van der Waals surface area contributed by atoms with Gasteiger partial charge < -0.3 is 15.0 Å². The van der Waals surface area contributed by atoms with Crippen LogP contribution in [0.15, 0.2) is 48.5 Å². The van der Waals surface area contributed by atoms with E-state index in [-0.39, 0.29) is 37.7 Å². The molecule has 35 heavy (non-hydrogen) atoms. The summed E-state index contributed by atoms with van der Waals surface area (Å²) < 4.78 is 44.3. The number of nitrogens with zero attached hydrogens (tertiary/aromatic N) is 2. The fourth-order valence-electron chi connectivity index (χ4n) is 3.79. The molecule has 2 aromatic carbocycles. The van der Waals surface area contributed by atoms with Crippen molar-refractivity contribution in [1.82, 2.24) is 10.2 Å². The van der Waals surface area contributed by atoms with Crippen LogP contribution in [0.3, 0.4) is 0 Å². The number of carbonyl (C=O) groups excluding carboxylic acids is 2. The largest absolute Gasteiger partial charge is 0.497 e. The minimum atomic E-state index is -3.64. The monoisotopic (exact) mass is 507 g/mol. The zero-order valence-corrected chi connectivity index (χ0v) is 21.5. The highest BCUT2D eigenvalue weighted by Crippen LogP contribution is 2.21. The van der Waals surface area contributed by atoms with Gasteiger partial charge in [0, 0.05) is 26.1 Å². The van der Waals surface area contributed by atoms with Gasteiger partial charge in [-0.2, -0.15) is 0 Å². The molecule has 0 saturated heterocycles. The molecule has 1 atom stereocenters. The number of carbonyl (C=O) groups is 2. The van der Waals surface area contributed by atoms with Crippen LogP contribution >= 0.6 is 0 Å². The summed E-state index contributed by atoms with van der Waals surface area (Å²) in [4.78, 5) is 27.6. The predicted octanol–water partition coefficient (Wildman–Crippen LogP) is 3.32. The van der Waals surface area contributed by atoms with E-state index in [1.807, 2.05) is 32.0 Å². The Morgan fingerprint density at radius 1 is 1.11 bits per heavy atom. The maximum Gasteiger partial charge on any atom is 0.242 e. The molecule has 1 N–H and O–H groups in total. The first-order valence-corrected chi connectivity index (χ1v) is 13.4. The highest BCUT2D eigenvalue weighted by molar-refractivity contribution is 7.92. The summed E-state index contributed by atoms with van der Waals surface area (Å²) in [6, 6.07) is 11.8. The molecule has 10 heteroatoms. The van der Waals surface area contributed by atoms with E-state index in [1.54, 1.807) is 13.2 Å². The lowest BCUT2D eigenvalue weighted by Gasteiger charge is -2.31. The highest BCUT2D eigenvalue weighted by atomic mass is 32.2. The zero-order chi connectivity index (χ0) is 26.0. The van der Waals surface area contributed by atoms with E-state index >= 15 is 0 Å². The topological polar surface area (TPSA) is 96.0 Å². The summed E-state index contributed by atoms with van der Waals surface area (Å²) in [5.41, 5.74) is 1.13. The molecule has 0 aliphatic heterocycles. The van der Waals surface area contributed by atoms with Crippen molar-refractivity contribution in [2.75, 3.05) is 30.8 Å². The number of nitrogens with one attached hydrogen (secondary N) is 1. The molecule has 0 fully saturated rings. The number of methoxy groups -OCH3 is 1. The Bertz CT molecular complexity index is 1090. The number of anilines is 1. The molecule has 8 nitrogen and oxygen atoms in total. The van der Waals surface area contributed by atoms with Gasteiger partial charge in [0.25, 0.3) is 0 Å². The van der Waals surface area contributed by atoms with Crippen LogP contribution in [0.25, 0.3) is 0 Å². The van der Waals surface area contributed by atoms with Crippen LogP contribution in [0.5, 0.6) is 5.75 Å². The highest BCUT2D eigenvalue weighted by Gasteiger charge is 2.28. The summed E-state index contributed by atoms with van der Waals surface area (Å²) in [6.45, 7) is 4.35. The number of amides is 2. The summed E-state index contributed by atoms with van der Waals surface area (Å²) in [7, 11) is -2.08. The van der Waals surface area contributed by atoms with Gasteiger partial charge in [-0.05, 0) is 61.7 Å². The zero-order valence-electron chi connectivity index (χ0n) is 20.7. The van der Waals surface area contributed by atoms with E-state index in [2.05, 4.69) is 5.32 Å². The number of halogens is 1. The van der Waals surface area contributed by atoms with E-state index in [4.69, 9.17) is 4.74 Å². The van der Waals surface area contributed by atoms with Crippen LogP contribution in [0.1, 0.15) is 38.7 Å². The maximum absolute atomic E-state index is 13.3. The Hall–Kier alpha value is -3.14. The molecule has 0 saturated carbocycles. The van der Waals surface area contributed by atoms with E-state index in [0.717, 1.165) is 16.1 Å². The van der Waals surface area contributed by atoms with Gasteiger partial charge in [0.15, 0.2) is 0 Å². The normalized spacial score (nSPS) is 12.0. The Kier molecular flexibility index (Phi) is 10.5. The van der Waals surface area contributed by atoms with E-state index in [0.29, 0.717) is 24.4 Å². The van der Waals surface area contributed by atoms with Gasteiger partial charge in [-0.3, -0.25) is 13.9 Å². The molecule has 2 rings (SSSR count). The van der Waals surface area contributed by atoms with Crippen LogP contribution in [-0.2, 0) is 26.2 Å². The molecule has 0 unspecified atom stereocenters. The van der Waals surface area contributed by atoms with Gasteiger partial charge in [-0.15, -0.1) is 0 Å². The second-order valence-corrected chi connectivity index (χ2v) is 10.0. The third kappa shape index (κ3) is 8.24. The minimum Gasteiger partial charge on any atom is -0.497 e. The molecule has 0 aromatic heterocycles. The standard InChI is InChI=1S/C25H34FN3O5S/c1-5-23(25(31)27-6-2)28(18-19-9-7-10-22(17-19)34-3)24(30)11-8-16-29(35(4,32)33)21-14-12-20(26)13-15-21/h7,9-10,12-15,17,23H,5-6,8,11,16,18H2,1-4H3,(H,27,31)/t23-/m1/s1. The van der Waals surface area contributed by atoms with Crippen molar-refractivity contribution in [3.63, 3.8) is 0 Å². The quantitative estimate of drug-likeness (QED) is 0.449. The molecule has 0 heterocycles. The molecule has 0 spiro atoms. The number of rotatable bonds is 13. The summed E-state index contributed by atoms with van der Waals surface area (Å²) in [5.74, 6) is -0.334. The molecular weight excluding hydrogens is 473 g/mol. The molecule has 0 aliphatic rings. The molecule has 2 aromatic rings. The number of hydrogen-bond acceptors (Lipinski definition) is 5. The van der Waals surface area contributed by atoms with Gasteiger partial charge in [0.05, 0.1) is 19.1 Å². The molecule has 0 aliphatic carbocycles.